The predicted molar refractivity (Wildman–Crippen MR) is 116 cm³/mol. The molecule has 4 rings (SSSR count). The van der Waals surface area contributed by atoms with Gasteiger partial charge in [-0.2, -0.15) is 0 Å². The first-order valence-corrected chi connectivity index (χ1v) is 10.1. The Morgan fingerprint density at radius 3 is 2.70 bits per heavy atom. The SMILES string of the molecule is O=C(C[C@H](CN1CCN(c2ccccn2)CC1)C(=O)O)Nc1ccc2cc[nH]c2c1. The fraction of sp³-hybridized carbons (Fsp3) is 0.318. The minimum Gasteiger partial charge on any atom is -0.481 e. The summed E-state index contributed by atoms with van der Waals surface area (Å²) in [4.78, 5) is 36.0. The van der Waals surface area contributed by atoms with Gasteiger partial charge in [0.05, 0.1) is 5.92 Å². The summed E-state index contributed by atoms with van der Waals surface area (Å²) in [5.41, 5.74) is 1.58. The van der Waals surface area contributed by atoms with Crippen LogP contribution < -0.4 is 10.2 Å². The number of piperazine rings is 1. The monoisotopic (exact) mass is 407 g/mol. The summed E-state index contributed by atoms with van der Waals surface area (Å²) in [5, 5.41) is 13.5. The topological polar surface area (TPSA) is 102 Å². The number of hydrogen-bond acceptors (Lipinski definition) is 5. The Bertz CT molecular complexity index is 1010. The second-order valence-corrected chi connectivity index (χ2v) is 7.54. The van der Waals surface area contributed by atoms with Crippen LogP contribution in [-0.2, 0) is 9.59 Å². The van der Waals surface area contributed by atoms with Crippen molar-refractivity contribution in [2.24, 2.45) is 5.92 Å². The van der Waals surface area contributed by atoms with Crippen LogP contribution in [0.2, 0.25) is 0 Å². The molecule has 3 aromatic rings. The summed E-state index contributed by atoms with van der Waals surface area (Å²) >= 11 is 0. The second-order valence-electron chi connectivity index (χ2n) is 7.54. The number of benzene rings is 1. The van der Waals surface area contributed by atoms with Gasteiger partial charge in [0.1, 0.15) is 5.82 Å². The zero-order valence-corrected chi connectivity index (χ0v) is 16.6. The Morgan fingerprint density at radius 2 is 1.97 bits per heavy atom. The van der Waals surface area contributed by atoms with Gasteiger partial charge >= 0.3 is 5.97 Å². The summed E-state index contributed by atoms with van der Waals surface area (Å²) in [6, 6.07) is 13.4. The minimum absolute atomic E-state index is 0.0570. The number of nitrogens with one attached hydrogen (secondary N) is 2. The molecule has 156 valence electrons. The van der Waals surface area contributed by atoms with Gasteiger partial charge in [0, 0.05) is 62.7 Å². The van der Waals surface area contributed by atoms with Crippen LogP contribution in [0.1, 0.15) is 6.42 Å². The third-order valence-corrected chi connectivity index (χ3v) is 5.44. The van der Waals surface area contributed by atoms with E-state index in [2.05, 4.69) is 25.1 Å². The van der Waals surface area contributed by atoms with E-state index < -0.39 is 11.9 Å². The maximum atomic E-state index is 12.5. The maximum Gasteiger partial charge on any atom is 0.308 e. The average molecular weight is 407 g/mol. The van der Waals surface area contributed by atoms with Gasteiger partial charge in [-0.25, -0.2) is 4.98 Å². The molecule has 0 unspecified atom stereocenters. The van der Waals surface area contributed by atoms with Gasteiger partial charge < -0.3 is 20.3 Å². The van der Waals surface area contributed by atoms with Crippen LogP contribution in [0.4, 0.5) is 11.5 Å². The average Bonchev–Trinajstić information content (AvgIpc) is 3.22. The van der Waals surface area contributed by atoms with Crippen molar-refractivity contribution in [1.29, 1.82) is 0 Å². The number of carbonyl (C=O) groups excluding carboxylic acids is 1. The highest BCUT2D eigenvalue weighted by Gasteiger charge is 2.26. The summed E-state index contributed by atoms with van der Waals surface area (Å²) in [6.45, 7) is 3.41. The number of carboxylic acids is 1. The molecule has 1 amide bonds. The predicted octanol–water partition coefficient (Wildman–Crippen LogP) is 2.41. The summed E-state index contributed by atoms with van der Waals surface area (Å²) in [6.07, 6.45) is 3.55. The number of amides is 1. The number of aromatic amines is 1. The molecular formula is C22H25N5O3. The highest BCUT2D eigenvalue weighted by molar-refractivity contribution is 5.95. The maximum absolute atomic E-state index is 12.5. The molecule has 0 radical (unpaired) electrons. The number of H-pyrrole nitrogens is 1. The van der Waals surface area contributed by atoms with Gasteiger partial charge in [0.15, 0.2) is 0 Å². The molecule has 1 atom stereocenters. The normalized spacial score (nSPS) is 15.8. The summed E-state index contributed by atoms with van der Waals surface area (Å²) in [7, 11) is 0. The number of hydrogen-bond donors (Lipinski definition) is 3. The van der Waals surface area contributed by atoms with E-state index in [0.717, 1.165) is 42.9 Å². The zero-order valence-electron chi connectivity index (χ0n) is 16.6. The molecular weight excluding hydrogens is 382 g/mol. The number of anilines is 2. The Labute approximate surface area is 174 Å². The number of carboxylic acid groups (broad SMARTS) is 1. The first-order chi connectivity index (χ1) is 14.6. The lowest BCUT2D eigenvalue weighted by atomic mass is 10.0. The first kappa shape index (κ1) is 19.9. The molecule has 0 saturated carbocycles. The Morgan fingerprint density at radius 1 is 1.13 bits per heavy atom. The molecule has 1 aliphatic rings. The van der Waals surface area contributed by atoms with Gasteiger partial charge in [-0.1, -0.05) is 12.1 Å². The number of pyridine rings is 1. The van der Waals surface area contributed by atoms with E-state index in [1.807, 2.05) is 48.7 Å². The van der Waals surface area contributed by atoms with Crippen molar-refractivity contribution in [1.82, 2.24) is 14.9 Å². The van der Waals surface area contributed by atoms with Crippen molar-refractivity contribution in [2.75, 3.05) is 42.9 Å². The van der Waals surface area contributed by atoms with Crippen molar-refractivity contribution in [3.63, 3.8) is 0 Å². The van der Waals surface area contributed by atoms with Gasteiger partial charge in [-0.3, -0.25) is 14.5 Å². The lowest BCUT2D eigenvalue weighted by Gasteiger charge is -2.36. The van der Waals surface area contributed by atoms with Crippen molar-refractivity contribution in [2.45, 2.75) is 6.42 Å². The second kappa shape index (κ2) is 8.96. The van der Waals surface area contributed by atoms with Crippen LogP contribution in [0, 0.1) is 5.92 Å². The van der Waals surface area contributed by atoms with E-state index in [1.54, 1.807) is 6.20 Å². The molecule has 0 spiro atoms. The van der Waals surface area contributed by atoms with E-state index in [1.165, 1.54) is 0 Å². The smallest absolute Gasteiger partial charge is 0.308 e. The molecule has 1 fully saturated rings. The Balaban J connectivity index is 1.30. The van der Waals surface area contributed by atoms with Crippen molar-refractivity contribution < 1.29 is 14.7 Å². The summed E-state index contributed by atoms with van der Waals surface area (Å²) < 4.78 is 0. The van der Waals surface area contributed by atoms with Crippen molar-refractivity contribution in [3.8, 4) is 0 Å². The van der Waals surface area contributed by atoms with Crippen LogP contribution >= 0.6 is 0 Å². The van der Waals surface area contributed by atoms with Crippen molar-refractivity contribution in [3.05, 3.63) is 54.9 Å². The highest BCUT2D eigenvalue weighted by atomic mass is 16.4. The fourth-order valence-electron chi connectivity index (χ4n) is 3.80. The number of rotatable bonds is 7. The largest absolute Gasteiger partial charge is 0.481 e. The van der Waals surface area contributed by atoms with Crippen LogP contribution in [0.15, 0.2) is 54.9 Å². The lowest BCUT2D eigenvalue weighted by molar-refractivity contribution is -0.144. The molecule has 30 heavy (non-hydrogen) atoms. The Hall–Kier alpha value is -3.39. The number of fused-ring (bicyclic) bond motifs is 1. The molecule has 1 saturated heterocycles. The number of carbonyl (C=O) groups is 2. The summed E-state index contributed by atoms with van der Waals surface area (Å²) in [5.74, 6) is -1.05. The zero-order chi connectivity index (χ0) is 20.9. The first-order valence-electron chi connectivity index (χ1n) is 10.1. The van der Waals surface area contributed by atoms with E-state index in [9.17, 15) is 14.7 Å². The van der Waals surface area contributed by atoms with Crippen LogP contribution in [0.25, 0.3) is 10.9 Å². The van der Waals surface area contributed by atoms with E-state index in [4.69, 9.17) is 0 Å². The number of aromatic nitrogens is 2. The molecule has 0 bridgehead atoms. The molecule has 2 aromatic heterocycles. The van der Waals surface area contributed by atoms with Crippen molar-refractivity contribution >= 4 is 34.3 Å². The van der Waals surface area contributed by atoms with Crippen LogP contribution in [0.5, 0.6) is 0 Å². The molecule has 8 heteroatoms. The molecule has 1 aliphatic heterocycles. The Kier molecular flexibility index (Phi) is 5.94. The fourth-order valence-corrected chi connectivity index (χ4v) is 3.80. The van der Waals surface area contributed by atoms with E-state index in [-0.39, 0.29) is 12.3 Å². The van der Waals surface area contributed by atoms with Gasteiger partial charge in [0.25, 0.3) is 0 Å². The van der Waals surface area contributed by atoms with Gasteiger partial charge in [-0.15, -0.1) is 0 Å². The van der Waals surface area contributed by atoms with Gasteiger partial charge in [-0.05, 0) is 35.7 Å². The van der Waals surface area contributed by atoms with Crippen LogP contribution in [-0.4, -0.2) is 64.6 Å². The number of aliphatic carboxylic acids is 1. The van der Waals surface area contributed by atoms with E-state index >= 15 is 0 Å². The third-order valence-electron chi connectivity index (χ3n) is 5.44. The minimum atomic E-state index is -0.947. The molecule has 8 nitrogen and oxygen atoms in total. The standard InChI is InChI=1S/C22H25N5O3/c28-21(25-18-5-4-16-6-8-23-19(16)14-18)13-17(22(29)30)15-26-9-11-27(12-10-26)20-3-1-2-7-24-20/h1-8,14,17,23H,9-13,15H2,(H,25,28)(H,29,30)/t17-/m1/s1. The molecule has 3 heterocycles. The molecule has 1 aromatic carbocycles. The van der Waals surface area contributed by atoms with Gasteiger partial charge in [0.2, 0.25) is 5.91 Å². The molecule has 0 aliphatic carbocycles. The third kappa shape index (κ3) is 4.77. The quantitative estimate of drug-likeness (QED) is 0.556. The highest BCUT2D eigenvalue weighted by Crippen LogP contribution is 2.19. The van der Waals surface area contributed by atoms with E-state index in [0.29, 0.717) is 12.2 Å². The molecule has 3 N–H and O–H groups in total. The number of nitrogens with zero attached hydrogens (tertiary/aromatic N) is 3. The van der Waals surface area contributed by atoms with Crippen LogP contribution in [0.3, 0.4) is 0 Å². The lowest BCUT2D eigenvalue weighted by Crippen LogP contribution is -2.49.